The summed E-state index contributed by atoms with van der Waals surface area (Å²) in [6.45, 7) is 3.61. The molecule has 21 heavy (non-hydrogen) atoms. The van der Waals surface area contributed by atoms with Gasteiger partial charge in [-0.2, -0.15) is 0 Å². The van der Waals surface area contributed by atoms with Gasteiger partial charge < -0.3 is 10.4 Å². The molecule has 0 unspecified atom stereocenters. The van der Waals surface area contributed by atoms with Crippen LogP contribution >= 0.6 is 0 Å². The molecule has 112 valence electrons. The monoisotopic (exact) mass is 291 g/mol. The molecule has 0 aliphatic heterocycles. The number of amides is 1. The van der Waals surface area contributed by atoms with Crippen LogP contribution in [0.1, 0.15) is 31.7 Å². The summed E-state index contributed by atoms with van der Waals surface area (Å²) in [6, 6.07) is 6.32. The summed E-state index contributed by atoms with van der Waals surface area (Å²) < 4.78 is 12.9. The molecule has 2 aliphatic rings. The molecule has 2 fully saturated rings. The van der Waals surface area contributed by atoms with Crippen molar-refractivity contribution >= 4 is 11.9 Å². The summed E-state index contributed by atoms with van der Waals surface area (Å²) in [5, 5.41) is 12.0. The lowest BCUT2D eigenvalue weighted by atomic mass is 10.1. The van der Waals surface area contributed by atoms with Crippen LogP contribution in [0, 0.1) is 23.1 Å². The van der Waals surface area contributed by atoms with Crippen LogP contribution in [0.15, 0.2) is 24.3 Å². The topological polar surface area (TPSA) is 66.4 Å². The van der Waals surface area contributed by atoms with Gasteiger partial charge in [-0.25, -0.2) is 4.39 Å². The Kier molecular flexibility index (Phi) is 3.04. The Morgan fingerprint density at radius 2 is 1.86 bits per heavy atom. The highest BCUT2D eigenvalue weighted by Gasteiger charge is 2.66. The van der Waals surface area contributed by atoms with Crippen molar-refractivity contribution in [3.63, 3.8) is 0 Å². The van der Waals surface area contributed by atoms with E-state index in [9.17, 15) is 14.0 Å². The first kappa shape index (κ1) is 14.0. The molecular formula is C16H18FNO3. The van der Waals surface area contributed by atoms with Crippen molar-refractivity contribution in [1.82, 2.24) is 5.32 Å². The van der Waals surface area contributed by atoms with Gasteiger partial charge in [-0.15, -0.1) is 0 Å². The van der Waals surface area contributed by atoms with E-state index in [0.29, 0.717) is 0 Å². The zero-order chi connectivity index (χ0) is 15.4. The minimum absolute atomic E-state index is 0.0359. The first-order valence-electron chi connectivity index (χ1n) is 7.11. The molecule has 0 heterocycles. The lowest BCUT2D eigenvalue weighted by molar-refractivity contribution is -0.140. The van der Waals surface area contributed by atoms with Crippen molar-refractivity contribution in [3.05, 3.63) is 35.6 Å². The van der Waals surface area contributed by atoms with Crippen LogP contribution in [0.2, 0.25) is 0 Å². The minimum Gasteiger partial charge on any atom is -0.481 e. The number of carboxylic acids is 1. The summed E-state index contributed by atoms with van der Waals surface area (Å²) in [4.78, 5) is 23.3. The lowest BCUT2D eigenvalue weighted by Crippen LogP contribution is -2.30. The van der Waals surface area contributed by atoms with E-state index in [2.05, 4.69) is 5.32 Å². The van der Waals surface area contributed by atoms with Gasteiger partial charge in [0.2, 0.25) is 5.91 Å². The third-order valence-electron chi connectivity index (χ3n) is 4.79. The average Bonchev–Trinajstić information content (AvgIpc) is 3.25. The molecule has 0 saturated heterocycles. The number of hydrogen-bond acceptors (Lipinski definition) is 2. The second-order valence-corrected chi connectivity index (χ2v) is 6.62. The van der Waals surface area contributed by atoms with E-state index in [4.69, 9.17) is 5.11 Å². The third kappa shape index (κ3) is 2.41. The fourth-order valence-electron chi connectivity index (χ4n) is 3.29. The number of nitrogens with one attached hydrogen (secondary N) is 1. The Labute approximate surface area is 122 Å². The second kappa shape index (κ2) is 4.55. The normalized spacial score (nSPS) is 32.3. The van der Waals surface area contributed by atoms with Gasteiger partial charge in [-0.3, -0.25) is 9.59 Å². The maximum atomic E-state index is 12.9. The first-order valence-corrected chi connectivity index (χ1v) is 7.11. The number of halogens is 1. The smallest absolute Gasteiger partial charge is 0.307 e. The second-order valence-electron chi connectivity index (χ2n) is 6.62. The van der Waals surface area contributed by atoms with Crippen molar-refractivity contribution < 1.29 is 19.1 Å². The Morgan fingerprint density at radius 1 is 1.24 bits per heavy atom. The predicted molar refractivity (Wildman–Crippen MR) is 74.1 cm³/mol. The van der Waals surface area contributed by atoms with E-state index >= 15 is 0 Å². The van der Waals surface area contributed by atoms with Crippen LogP contribution in [-0.4, -0.2) is 23.0 Å². The van der Waals surface area contributed by atoms with Gasteiger partial charge in [0.05, 0.1) is 11.8 Å². The van der Waals surface area contributed by atoms with Crippen LogP contribution in [0.25, 0.3) is 0 Å². The summed E-state index contributed by atoms with van der Waals surface area (Å²) in [5.74, 6) is -2.21. The van der Waals surface area contributed by atoms with Gasteiger partial charge in [0.25, 0.3) is 0 Å². The fraction of sp³-hybridized carbons (Fsp3) is 0.500. The Bertz CT molecular complexity index is 596. The molecule has 4 atom stereocenters. The molecule has 0 bridgehead atoms. The van der Waals surface area contributed by atoms with E-state index in [1.807, 2.05) is 0 Å². The fourth-order valence-corrected chi connectivity index (χ4v) is 3.29. The quantitative estimate of drug-likeness (QED) is 0.893. The van der Waals surface area contributed by atoms with Gasteiger partial charge in [0.15, 0.2) is 0 Å². The Hall–Kier alpha value is -1.91. The molecule has 0 aromatic heterocycles. The molecule has 0 radical (unpaired) electrons. The number of carboxylic acid groups (broad SMARTS) is 1. The molecule has 1 aromatic rings. The molecule has 1 amide bonds. The van der Waals surface area contributed by atoms with Crippen LogP contribution < -0.4 is 5.32 Å². The third-order valence-corrected chi connectivity index (χ3v) is 4.79. The summed E-state index contributed by atoms with van der Waals surface area (Å²) >= 11 is 0. The molecule has 2 saturated carbocycles. The van der Waals surface area contributed by atoms with Gasteiger partial charge in [-0.05, 0) is 29.5 Å². The minimum atomic E-state index is -0.911. The molecule has 0 spiro atoms. The largest absolute Gasteiger partial charge is 0.481 e. The van der Waals surface area contributed by atoms with Crippen LogP contribution in [0.3, 0.4) is 0 Å². The van der Waals surface area contributed by atoms with Gasteiger partial charge >= 0.3 is 5.97 Å². The van der Waals surface area contributed by atoms with E-state index < -0.39 is 23.2 Å². The van der Waals surface area contributed by atoms with Crippen LogP contribution in [0.4, 0.5) is 4.39 Å². The zero-order valence-corrected chi connectivity index (χ0v) is 12.0. The number of carbonyl (C=O) groups is 2. The molecule has 2 N–H and O–H groups in total. The molecule has 5 heteroatoms. The van der Waals surface area contributed by atoms with E-state index in [1.165, 1.54) is 12.1 Å². The number of rotatable bonds is 4. The SMILES string of the molecule is CC1(C)[C@H](C(=O)O)[C@@H]1C(=O)N[C@@H]1C[C@H]1c1ccc(F)cc1. The van der Waals surface area contributed by atoms with E-state index in [-0.39, 0.29) is 23.7 Å². The van der Waals surface area contributed by atoms with Crippen molar-refractivity contribution in [1.29, 1.82) is 0 Å². The van der Waals surface area contributed by atoms with Gasteiger partial charge in [-0.1, -0.05) is 26.0 Å². The molecule has 1 aromatic carbocycles. The van der Waals surface area contributed by atoms with Gasteiger partial charge in [0, 0.05) is 12.0 Å². The molecular weight excluding hydrogens is 273 g/mol. The number of hydrogen-bond donors (Lipinski definition) is 2. The number of aliphatic carboxylic acids is 1. The predicted octanol–water partition coefficient (Wildman–Crippen LogP) is 2.15. The van der Waals surface area contributed by atoms with Crippen LogP contribution in [0.5, 0.6) is 0 Å². The Morgan fingerprint density at radius 3 is 2.38 bits per heavy atom. The van der Waals surface area contributed by atoms with Crippen molar-refractivity contribution in [2.45, 2.75) is 32.2 Å². The molecule has 3 rings (SSSR count). The lowest BCUT2D eigenvalue weighted by Gasteiger charge is -2.06. The van der Waals surface area contributed by atoms with Crippen molar-refractivity contribution in [2.75, 3.05) is 0 Å². The van der Waals surface area contributed by atoms with Crippen molar-refractivity contribution in [2.24, 2.45) is 17.3 Å². The van der Waals surface area contributed by atoms with Crippen LogP contribution in [-0.2, 0) is 9.59 Å². The maximum absolute atomic E-state index is 12.9. The standard InChI is InChI=1S/C16H18FNO3/c1-16(2)12(13(16)15(20)21)14(19)18-11-7-10(11)8-3-5-9(17)6-4-8/h3-6,10-13H,7H2,1-2H3,(H,18,19)(H,20,21)/t10-,11+,12+,13-/m0/s1. The highest BCUT2D eigenvalue weighted by atomic mass is 19.1. The highest BCUT2D eigenvalue weighted by molar-refractivity contribution is 5.92. The Balaban J connectivity index is 1.59. The maximum Gasteiger partial charge on any atom is 0.307 e. The number of benzene rings is 1. The molecule has 4 nitrogen and oxygen atoms in total. The summed E-state index contributed by atoms with van der Waals surface area (Å²) in [7, 11) is 0. The van der Waals surface area contributed by atoms with E-state index in [1.54, 1.807) is 26.0 Å². The first-order chi connectivity index (χ1) is 9.82. The van der Waals surface area contributed by atoms with Crippen molar-refractivity contribution in [3.8, 4) is 0 Å². The highest BCUT2D eigenvalue weighted by Crippen LogP contribution is 2.58. The molecule has 2 aliphatic carbocycles. The average molecular weight is 291 g/mol. The van der Waals surface area contributed by atoms with E-state index in [0.717, 1.165) is 12.0 Å². The van der Waals surface area contributed by atoms with Gasteiger partial charge in [0.1, 0.15) is 5.82 Å². The summed E-state index contributed by atoms with van der Waals surface area (Å²) in [5.41, 5.74) is 0.530. The zero-order valence-electron chi connectivity index (χ0n) is 12.0. The number of carbonyl (C=O) groups excluding carboxylic acids is 1. The summed E-state index contributed by atoms with van der Waals surface area (Å²) in [6.07, 6.45) is 0.822.